The number of hydrogen-bond acceptors (Lipinski definition) is 2. The molecule has 1 aliphatic rings. The Labute approximate surface area is 124 Å². The minimum Gasteiger partial charge on any atom is -0.313 e. The molecular weight excluding hydrogens is 285 g/mol. The molecule has 102 valence electrons. The Morgan fingerprint density at radius 1 is 1.22 bits per heavy atom. The molecule has 0 aliphatic heterocycles. The Hall–Kier alpha value is 0.240. The van der Waals surface area contributed by atoms with Crippen molar-refractivity contribution in [2.45, 2.75) is 39.2 Å². The van der Waals surface area contributed by atoms with Crippen LogP contribution in [-0.4, -0.2) is 7.05 Å². The van der Waals surface area contributed by atoms with E-state index in [0.29, 0.717) is 12.0 Å². The van der Waals surface area contributed by atoms with E-state index in [9.17, 15) is 0 Å². The first kappa shape index (κ1) is 14.6. The van der Waals surface area contributed by atoms with E-state index in [4.69, 9.17) is 23.2 Å². The van der Waals surface area contributed by atoms with Gasteiger partial charge in [-0.1, -0.05) is 37.0 Å². The van der Waals surface area contributed by atoms with Crippen LogP contribution in [0.3, 0.4) is 0 Å². The van der Waals surface area contributed by atoms with E-state index in [1.807, 2.05) is 13.1 Å². The summed E-state index contributed by atoms with van der Waals surface area (Å²) in [5.74, 6) is 2.28. The van der Waals surface area contributed by atoms with E-state index in [2.05, 4.69) is 19.2 Å². The van der Waals surface area contributed by atoms with Gasteiger partial charge in [0.2, 0.25) is 0 Å². The normalized spacial score (nSPS) is 30.4. The summed E-state index contributed by atoms with van der Waals surface area (Å²) in [5.41, 5.74) is 1.18. The Morgan fingerprint density at radius 2 is 1.83 bits per heavy atom. The highest BCUT2D eigenvalue weighted by molar-refractivity contribution is 7.20. The number of thiophene rings is 1. The summed E-state index contributed by atoms with van der Waals surface area (Å²) in [7, 11) is 2.02. The van der Waals surface area contributed by atoms with Gasteiger partial charge in [-0.2, -0.15) is 0 Å². The van der Waals surface area contributed by atoms with Crippen LogP contribution in [0.15, 0.2) is 6.07 Å². The van der Waals surface area contributed by atoms with Gasteiger partial charge in [-0.25, -0.2) is 0 Å². The fraction of sp³-hybridized carbons (Fsp3) is 0.714. The van der Waals surface area contributed by atoms with Gasteiger partial charge in [-0.05, 0) is 50.1 Å². The largest absolute Gasteiger partial charge is 0.313 e. The standard InChI is InChI=1S/C14H21Cl2NS/c1-8-4-9(2)6-10(5-8)13(17-3)11-7-12(15)18-14(11)16/h7-10,13,17H,4-6H2,1-3H3. The first-order chi connectivity index (χ1) is 8.51. The molecule has 1 fully saturated rings. The molecular formula is C14H21Cl2NS. The molecule has 3 unspecified atom stereocenters. The molecule has 1 saturated carbocycles. The number of rotatable bonds is 3. The maximum atomic E-state index is 6.30. The van der Waals surface area contributed by atoms with Crippen LogP contribution in [0.2, 0.25) is 8.67 Å². The summed E-state index contributed by atoms with van der Waals surface area (Å²) in [6, 6.07) is 2.37. The lowest BCUT2D eigenvalue weighted by Gasteiger charge is -2.36. The van der Waals surface area contributed by atoms with E-state index < -0.39 is 0 Å². The summed E-state index contributed by atoms with van der Waals surface area (Å²) in [4.78, 5) is 0. The van der Waals surface area contributed by atoms with Crippen LogP contribution in [0.4, 0.5) is 0 Å². The minimum atomic E-state index is 0.339. The van der Waals surface area contributed by atoms with Gasteiger partial charge < -0.3 is 5.32 Å². The second kappa shape index (κ2) is 6.13. The Balaban J connectivity index is 2.20. The average Bonchev–Trinajstić information content (AvgIpc) is 2.58. The second-order valence-electron chi connectivity index (χ2n) is 5.72. The first-order valence-electron chi connectivity index (χ1n) is 6.63. The highest BCUT2D eigenvalue weighted by atomic mass is 35.5. The maximum Gasteiger partial charge on any atom is 0.0992 e. The molecule has 1 N–H and O–H groups in total. The average molecular weight is 306 g/mol. The van der Waals surface area contributed by atoms with E-state index in [-0.39, 0.29) is 0 Å². The zero-order chi connectivity index (χ0) is 13.3. The topological polar surface area (TPSA) is 12.0 Å². The lowest BCUT2D eigenvalue weighted by atomic mass is 9.73. The van der Waals surface area contributed by atoms with Crippen LogP contribution in [0, 0.1) is 17.8 Å². The van der Waals surface area contributed by atoms with Gasteiger partial charge in [0.15, 0.2) is 0 Å². The second-order valence-corrected chi connectivity index (χ2v) is 8.01. The Morgan fingerprint density at radius 3 is 2.28 bits per heavy atom. The molecule has 1 aromatic rings. The third-order valence-corrected chi connectivity index (χ3v) is 5.53. The van der Waals surface area contributed by atoms with Gasteiger partial charge >= 0.3 is 0 Å². The SMILES string of the molecule is CNC(c1cc(Cl)sc1Cl)C1CC(C)CC(C)C1. The highest BCUT2D eigenvalue weighted by Crippen LogP contribution is 2.44. The van der Waals surface area contributed by atoms with Crippen LogP contribution in [0.5, 0.6) is 0 Å². The van der Waals surface area contributed by atoms with E-state index in [1.165, 1.54) is 36.2 Å². The van der Waals surface area contributed by atoms with Crippen LogP contribution in [0.25, 0.3) is 0 Å². The van der Waals surface area contributed by atoms with Gasteiger partial charge in [0.05, 0.1) is 8.67 Å². The maximum absolute atomic E-state index is 6.30. The van der Waals surface area contributed by atoms with E-state index in [0.717, 1.165) is 20.5 Å². The molecule has 2 rings (SSSR count). The van der Waals surface area contributed by atoms with Gasteiger partial charge in [-0.3, -0.25) is 0 Å². The molecule has 0 saturated heterocycles. The van der Waals surface area contributed by atoms with Crippen LogP contribution >= 0.6 is 34.5 Å². The van der Waals surface area contributed by atoms with E-state index >= 15 is 0 Å². The molecule has 1 aromatic heterocycles. The summed E-state index contributed by atoms with van der Waals surface area (Å²) in [6.45, 7) is 4.72. The number of nitrogens with one attached hydrogen (secondary N) is 1. The fourth-order valence-electron chi connectivity index (χ4n) is 3.49. The number of halogens is 2. The third kappa shape index (κ3) is 3.22. The summed E-state index contributed by atoms with van der Waals surface area (Å²) < 4.78 is 1.62. The zero-order valence-corrected chi connectivity index (χ0v) is 13.5. The van der Waals surface area contributed by atoms with Gasteiger partial charge in [0, 0.05) is 11.6 Å². The molecule has 0 spiro atoms. The summed E-state index contributed by atoms with van der Waals surface area (Å²) in [5, 5.41) is 3.45. The molecule has 18 heavy (non-hydrogen) atoms. The molecule has 1 aliphatic carbocycles. The zero-order valence-electron chi connectivity index (χ0n) is 11.2. The molecule has 0 radical (unpaired) electrons. The molecule has 1 heterocycles. The van der Waals surface area contributed by atoms with Gasteiger partial charge in [0.25, 0.3) is 0 Å². The lowest BCUT2D eigenvalue weighted by molar-refractivity contribution is 0.181. The summed E-state index contributed by atoms with van der Waals surface area (Å²) in [6.07, 6.45) is 3.91. The van der Waals surface area contributed by atoms with Crippen molar-refractivity contribution in [1.82, 2.24) is 5.32 Å². The van der Waals surface area contributed by atoms with Crippen molar-refractivity contribution in [3.05, 3.63) is 20.3 Å². The Kier molecular flexibility index (Phi) is 4.99. The van der Waals surface area contributed by atoms with Crippen molar-refractivity contribution in [1.29, 1.82) is 0 Å². The molecule has 3 atom stereocenters. The van der Waals surface area contributed by atoms with Crippen molar-refractivity contribution in [2.75, 3.05) is 7.05 Å². The minimum absolute atomic E-state index is 0.339. The quantitative estimate of drug-likeness (QED) is 0.789. The van der Waals surface area contributed by atoms with Gasteiger partial charge in [0.1, 0.15) is 0 Å². The monoisotopic (exact) mass is 305 g/mol. The van der Waals surface area contributed by atoms with E-state index in [1.54, 1.807) is 0 Å². The Bertz CT molecular complexity index is 394. The van der Waals surface area contributed by atoms with Crippen molar-refractivity contribution < 1.29 is 0 Å². The lowest BCUT2D eigenvalue weighted by Crippen LogP contribution is -2.31. The van der Waals surface area contributed by atoms with Crippen molar-refractivity contribution in [3.8, 4) is 0 Å². The molecule has 4 heteroatoms. The van der Waals surface area contributed by atoms with Gasteiger partial charge in [-0.15, -0.1) is 11.3 Å². The van der Waals surface area contributed by atoms with Crippen molar-refractivity contribution in [2.24, 2.45) is 17.8 Å². The number of hydrogen-bond donors (Lipinski definition) is 1. The molecule has 0 aromatic carbocycles. The smallest absolute Gasteiger partial charge is 0.0992 e. The first-order valence-corrected chi connectivity index (χ1v) is 8.20. The highest BCUT2D eigenvalue weighted by Gasteiger charge is 2.31. The van der Waals surface area contributed by atoms with Crippen LogP contribution in [-0.2, 0) is 0 Å². The van der Waals surface area contributed by atoms with Crippen LogP contribution in [0.1, 0.15) is 44.7 Å². The van der Waals surface area contributed by atoms with Crippen molar-refractivity contribution in [3.63, 3.8) is 0 Å². The van der Waals surface area contributed by atoms with Crippen molar-refractivity contribution >= 4 is 34.5 Å². The molecule has 0 bridgehead atoms. The van der Waals surface area contributed by atoms with Crippen LogP contribution < -0.4 is 5.32 Å². The summed E-state index contributed by atoms with van der Waals surface area (Å²) >= 11 is 13.8. The third-order valence-electron chi connectivity index (χ3n) is 4.02. The molecule has 0 amide bonds. The fourth-order valence-corrected chi connectivity index (χ4v) is 5.04. The predicted molar refractivity (Wildman–Crippen MR) is 81.8 cm³/mol. The molecule has 1 nitrogen and oxygen atoms in total. The predicted octanol–water partition coefficient (Wildman–Crippen LogP) is 5.39.